The maximum absolute atomic E-state index is 11.9. The summed E-state index contributed by atoms with van der Waals surface area (Å²) in [6, 6.07) is 0. The van der Waals surface area contributed by atoms with Gasteiger partial charge in [-0.3, -0.25) is 0 Å². The van der Waals surface area contributed by atoms with Gasteiger partial charge < -0.3 is 14.4 Å². The SMILES string of the molecule is CC(C=CC1=C(C)CCCC1(C)C)=CC=CC(C)=CC(=O)OCC(CO[N+](=O)[O-])O[N+](=O)[O-]. The average molecular weight is 465 g/mol. The monoisotopic (exact) mass is 464 g/mol. The zero-order chi connectivity index (χ0) is 25.0. The van der Waals surface area contributed by atoms with E-state index in [2.05, 4.69) is 42.6 Å². The Balaban J connectivity index is 2.64. The largest absolute Gasteiger partial charge is 0.460 e. The molecule has 0 aromatic rings. The molecular weight excluding hydrogens is 432 g/mol. The van der Waals surface area contributed by atoms with Gasteiger partial charge in [-0.15, -0.1) is 20.2 Å². The van der Waals surface area contributed by atoms with Gasteiger partial charge in [0.1, 0.15) is 13.2 Å². The minimum absolute atomic E-state index is 0.174. The minimum Gasteiger partial charge on any atom is -0.460 e. The van der Waals surface area contributed by atoms with Crippen molar-refractivity contribution in [3.05, 3.63) is 79.0 Å². The van der Waals surface area contributed by atoms with E-state index >= 15 is 0 Å². The molecule has 0 radical (unpaired) electrons. The maximum atomic E-state index is 11.9. The van der Waals surface area contributed by atoms with Crippen molar-refractivity contribution < 1.29 is 29.4 Å². The smallest absolute Gasteiger partial charge is 0.331 e. The van der Waals surface area contributed by atoms with Gasteiger partial charge in [0.05, 0.1) is 0 Å². The van der Waals surface area contributed by atoms with E-state index in [4.69, 9.17) is 4.74 Å². The fourth-order valence-electron chi connectivity index (χ4n) is 3.46. The molecule has 0 aliphatic heterocycles. The summed E-state index contributed by atoms with van der Waals surface area (Å²) in [5, 5.41) is 18.4. The molecule has 10 nitrogen and oxygen atoms in total. The second kappa shape index (κ2) is 13.2. The second-order valence-corrected chi connectivity index (χ2v) is 8.52. The van der Waals surface area contributed by atoms with Gasteiger partial charge in [-0.25, -0.2) is 4.79 Å². The minimum atomic E-state index is -1.41. The van der Waals surface area contributed by atoms with Crippen LogP contribution in [0.15, 0.2) is 58.7 Å². The van der Waals surface area contributed by atoms with Crippen LogP contribution >= 0.6 is 0 Å². The summed E-state index contributed by atoms with van der Waals surface area (Å²) in [5.74, 6) is -0.766. The van der Waals surface area contributed by atoms with Crippen LogP contribution in [0.1, 0.15) is 53.9 Å². The molecule has 182 valence electrons. The normalized spacial score (nSPS) is 17.8. The molecule has 0 bridgehead atoms. The van der Waals surface area contributed by atoms with Crippen LogP contribution in [0.5, 0.6) is 0 Å². The molecule has 1 unspecified atom stereocenters. The Labute approximate surface area is 193 Å². The molecule has 0 aromatic carbocycles. The van der Waals surface area contributed by atoms with Crippen LogP contribution < -0.4 is 0 Å². The highest BCUT2D eigenvalue weighted by Gasteiger charge is 2.26. The van der Waals surface area contributed by atoms with Gasteiger partial charge in [0.2, 0.25) is 0 Å². The Bertz CT molecular complexity index is 881. The number of ether oxygens (including phenoxy) is 1. The quantitative estimate of drug-likeness (QED) is 0.132. The number of nitrogens with zero attached hydrogens (tertiary/aromatic N) is 2. The van der Waals surface area contributed by atoms with Gasteiger partial charge in [-0.1, -0.05) is 55.4 Å². The number of hydrogen-bond acceptors (Lipinski definition) is 8. The molecule has 0 saturated heterocycles. The fourth-order valence-corrected chi connectivity index (χ4v) is 3.46. The summed E-state index contributed by atoms with van der Waals surface area (Å²) in [6.07, 6.45) is 13.0. The third-order valence-corrected chi connectivity index (χ3v) is 5.13. The molecular formula is C23H32N2O8. The summed E-state index contributed by atoms with van der Waals surface area (Å²) in [6.45, 7) is 9.09. The Morgan fingerprint density at radius 2 is 1.82 bits per heavy atom. The van der Waals surface area contributed by atoms with E-state index < -0.39 is 35.5 Å². The lowest BCUT2D eigenvalue weighted by Crippen LogP contribution is -2.30. The number of carbonyl (C=O) groups is 1. The van der Waals surface area contributed by atoms with E-state index in [0.29, 0.717) is 5.57 Å². The van der Waals surface area contributed by atoms with Crippen molar-refractivity contribution in [3.8, 4) is 0 Å². The van der Waals surface area contributed by atoms with E-state index in [1.165, 1.54) is 30.1 Å². The first-order chi connectivity index (χ1) is 15.4. The van der Waals surface area contributed by atoms with Crippen molar-refractivity contribution in [1.82, 2.24) is 0 Å². The van der Waals surface area contributed by atoms with Crippen LogP contribution in [0.3, 0.4) is 0 Å². The standard InChI is InChI=1S/C23H32N2O8/c1-17(11-12-21-19(3)10-7-13-23(21,4)5)8-6-9-18(2)14-22(26)31-15-20(33-25(29)30)16-32-24(27)28/h6,8-9,11-12,14,20H,7,10,13,15-16H2,1-5H3. The number of allylic oxidation sites excluding steroid dienone is 9. The number of esters is 1. The topological polar surface area (TPSA) is 131 Å². The molecule has 0 saturated carbocycles. The van der Waals surface area contributed by atoms with Gasteiger partial charge in [-0.05, 0) is 56.6 Å². The lowest BCUT2D eigenvalue weighted by molar-refractivity contribution is -0.790. The van der Waals surface area contributed by atoms with E-state index in [1.807, 2.05) is 13.0 Å². The van der Waals surface area contributed by atoms with Crippen molar-refractivity contribution >= 4 is 5.97 Å². The molecule has 33 heavy (non-hydrogen) atoms. The molecule has 0 amide bonds. The van der Waals surface area contributed by atoms with Crippen molar-refractivity contribution in [3.63, 3.8) is 0 Å². The Hall–Kier alpha value is -3.43. The van der Waals surface area contributed by atoms with E-state index in [-0.39, 0.29) is 5.41 Å². The Kier molecular flexibility index (Phi) is 11.0. The van der Waals surface area contributed by atoms with Crippen LogP contribution in [0.25, 0.3) is 0 Å². The van der Waals surface area contributed by atoms with Crippen molar-refractivity contribution in [2.75, 3.05) is 13.2 Å². The third kappa shape index (κ3) is 11.1. The van der Waals surface area contributed by atoms with E-state index in [1.54, 1.807) is 19.1 Å². The predicted molar refractivity (Wildman–Crippen MR) is 122 cm³/mol. The highest BCUT2D eigenvalue weighted by molar-refractivity contribution is 5.83. The average Bonchev–Trinajstić information content (AvgIpc) is 2.68. The Morgan fingerprint density at radius 3 is 2.42 bits per heavy atom. The van der Waals surface area contributed by atoms with Crippen molar-refractivity contribution in [1.29, 1.82) is 0 Å². The van der Waals surface area contributed by atoms with Gasteiger partial charge in [-0.2, -0.15) is 0 Å². The summed E-state index contributed by atoms with van der Waals surface area (Å²) >= 11 is 0. The van der Waals surface area contributed by atoms with Crippen molar-refractivity contribution in [2.24, 2.45) is 5.41 Å². The van der Waals surface area contributed by atoms with E-state index in [0.717, 1.165) is 12.0 Å². The van der Waals surface area contributed by atoms with Gasteiger partial charge in [0.15, 0.2) is 6.10 Å². The zero-order valence-corrected chi connectivity index (χ0v) is 19.7. The zero-order valence-electron chi connectivity index (χ0n) is 19.7. The maximum Gasteiger partial charge on any atom is 0.331 e. The van der Waals surface area contributed by atoms with Gasteiger partial charge in [0, 0.05) is 6.08 Å². The number of rotatable bonds is 12. The first kappa shape index (κ1) is 27.6. The molecule has 0 fully saturated rings. The molecule has 1 aliphatic carbocycles. The lowest BCUT2D eigenvalue weighted by atomic mass is 9.72. The van der Waals surface area contributed by atoms with Crippen LogP contribution in [0.2, 0.25) is 0 Å². The van der Waals surface area contributed by atoms with Crippen molar-refractivity contribution in [2.45, 2.75) is 60.0 Å². The summed E-state index contributed by atoms with van der Waals surface area (Å²) < 4.78 is 4.86. The molecule has 0 spiro atoms. The van der Waals surface area contributed by atoms with Gasteiger partial charge >= 0.3 is 5.97 Å². The van der Waals surface area contributed by atoms with Crippen LogP contribution in [-0.2, 0) is 19.2 Å². The lowest BCUT2D eigenvalue weighted by Gasteiger charge is -2.32. The van der Waals surface area contributed by atoms with Crippen LogP contribution in [-0.4, -0.2) is 35.5 Å². The molecule has 10 heteroatoms. The predicted octanol–water partition coefficient (Wildman–Crippen LogP) is 4.85. The molecule has 1 atom stereocenters. The number of carbonyl (C=O) groups excluding carboxylic acids is 1. The Morgan fingerprint density at radius 1 is 1.12 bits per heavy atom. The second-order valence-electron chi connectivity index (χ2n) is 8.52. The first-order valence-electron chi connectivity index (χ1n) is 10.6. The molecule has 0 N–H and O–H groups in total. The van der Waals surface area contributed by atoms with Crippen LogP contribution in [0, 0.1) is 25.6 Å². The molecule has 0 heterocycles. The molecule has 0 aromatic heterocycles. The molecule has 1 aliphatic rings. The summed E-state index contributed by atoms with van der Waals surface area (Å²) in [5.41, 5.74) is 4.63. The summed E-state index contributed by atoms with van der Waals surface area (Å²) in [4.78, 5) is 40.7. The van der Waals surface area contributed by atoms with Gasteiger partial charge in [0.25, 0.3) is 10.2 Å². The highest BCUT2D eigenvalue weighted by Crippen LogP contribution is 2.40. The summed E-state index contributed by atoms with van der Waals surface area (Å²) in [7, 11) is 0. The van der Waals surface area contributed by atoms with Crippen LogP contribution in [0.4, 0.5) is 0 Å². The van der Waals surface area contributed by atoms with E-state index in [9.17, 15) is 25.0 Å². The first-order valence-corrected chi connectivity index (χ1v) is 10.6. The molecule has 1 rings (SSSR count). The third-order valence-electron chi connectivity index (χ3n) is 5.13. The number of hydrogen-bond donors (Lipinski definition) is 0. The highest BCUT2D eigenvalue weighted by atomic mass is 17.0. The fraction of sp³-hybridized carbons (Fsp3) is 0.522.